The van der Waals surface area contributed by atoms with Gasteiger partial charge in [-0.25, -0.2) is 9.18 Å². The maximum atomic E-state index is 13.2. The lowest BCUT2D eigenvalue weighted by Crippen LogP contribution is -2.07. The molecular weight excluding hydrogens is 304 g/mol. The van der Waals surface area contributed by atoms with Gasteiger partial charge in [0.1, 0.15) is 12.4 Å². The number of carbonyl (C=O) groups is 1. The van der Waals surface area contributed by atoms with Gasteiger partial charge in [-0.2, -0.15) is 0 Å². The highest BCUT2D eigenvalue weighted by Crippen LogP contribution is 2.23. The van der Waals surface area contributed by atoms with E-state index in [9.17, 15) is 9.18 Å². The van der Waals surface area contributed by atoms with Crippen LogP contribution < -0.4 is 5.73 Å². The summed E-state index contributed by atoms with van der Waals surface area (Å²) in [6, 6.07) is 8.77. The van der Waals surface area contributed by atoms with Crippen LogP contribution >= 0.6 is 23.2 Å². The van der Waals surface area contributed by atoms with E-state index >= 15 is 0 Å². The first-order chi connectivity index (χ1) is 9.49. The quantitative estimate of drug-likeness (QED) is 0.686. The Kier molecular flexibility index (Phi) is 4.47. The lowest BCUT2D eigenvalue weighted by Gasteiger charge is -2.08. The average Bonchev–Trinajstić information content (AvgIpc) is 2.43. The van der Waals surface area contributed by atoms with Gasteiger partial charge in [0.15, 0.2) is 0 Å². The van der Waals surface area contributed by atoms with Crippen molar-refractivity contribution < 1.29 is 13.9 Å². The highest BCUT2D eigenvalue weighted by atomic mass is 35.5. The van der Waals surface area contributed by atoms with E-state index < -0.39 is 11.8 Å². The van der Waals surface area contributed by atoms with Crippen molar-refractivity contribution in [1.82, 2.24) is 0 Å². The lowest BCUT2D eigenvalue weighted by molar-refractivity contribution is 0.0473. The highest BCUT2D eigenvalue weighted by Gasteiger charge is 2.14. The van der Waals surface area contributed by atoms with E-state index in [4.69, 9.17) is 33.7 Å². The van der Waals surface area contributed by atoms with Crippen molar-refractivity contribution in [2.45, 2.75) is 6.61 Å². The fourth-order valence-electron chi connectivity index (χ4n) is 1.58. The Morgan fingerprint density at radius 2 is 2.00 bits per heavy atom. The summed E-state index contributed by atoms with van der Waals surface area (Å²) in [5.41, 5.74) is 6.50. The second-order valence-electron chi connectivity index (χ2n) is 4.03. The minimum Gasteiger partial charge on any atom is -0.457 e. The lowest BCUT2D eigenvalue weighted by atomic mass is 10.2. The predicted octanol–water partition coefficient (Wildman–Crippen LogP) is 4.07. The molecule has 0 saturated heterocycles. The fraction of sp³-hybridized carbons (Fsp3) is 0.0714. The third-order valence-corrected chi connectivity index (χ3v) is 3.35. The smallest absolute Gasteiger partial charge is 0.340 e. The van der Waals surface area contributed by atoms with E-state index in [2.05, 4.69) is 0 Å². The minimum absolute atomic E-state index is 0.0704. The Morgan fingerprint density at radius 1 is 1.25 bits per heavy atom. The zero-order valence-electron chi connectivity index (χ0n) is 10.2. The molecule has 0 aromatic heterocycles. The van der Waals surface area contributed by atoms with Crippen LogP contribution in [0.4, 0.5) is 10.1 Å². The number of esters is 1. The first-order valence-electron chi connectivity index (χ1n) is 5.64. The molecule has 0 aliphatic rings. The van der Waals surface area contributed by atoms with E-state index in [0.717, 1.165) is 0 Å². The van der Waals surface area contributed by atoms with Gasteiger partial charge >= 0.3 is 5.97 Å². The summed E-state index contributed by atoms with van der Waals surface area (Å²) in [5, 5.41) is 0.161. The van der Waals surface area contributed by atoms with E-state index in [-0.39, 0.29) is 22.2 Å². The minimum atomic E-state index is -0.650. The van der Waals surface area contributed by atoms with Gasteiger partial charge in [-0.1, -0.05) is 35.3 Å². The van der Waals surface area contributed by atoms with Crippen LogP contribution in [0.2, 0.25) is 10.0 Å². The molecule has 0 saturated carbocycles. The van der Waals surface area contributed by atoms with Gasteiger partial charge in [-0.15, -0.1) is 0 Å². The second kappa shape index (κ2) is 6.11. The number of rotatable bonds is 3. The molecule has 104 valence electrons. The van der Waals surface area contributed by atoms with Gasteiger partial charge < -0.3 is 10.5 Å². The molecule has 0 spiro atoms. The van der Waals surface area contributed by atoms with Gasteiger partial charge in [0.2, 0.25) is 0 Å². The number of carbonyl (C=O) groups excluding carboxylic acids is 1. The van der Waals surface area contributed by atoms with Crippen LogP contribution in [-0.2, 0) is 11.3 Å². The molecule has 0 aliphatic heterocycles. The molecule has 0 bridgehead atoms. The maximum Gasteiger partial charge on any atom is 0.340 e. The normalized spacial score (nSPS) is 10.3. The number of anilines is 1. The number of ether oxygens (including phenoxy) is 1. The molecule has 2 aromatic carbocycles. The Morgan fingerprint density at radius 3 is 2.75 bits per heavy atom. The summed E-state index contributed by atoms with van der Waals surface area (Å²) in [6.07, 6.45) is 0. The number of nitrogen functional groups attached to an aromatic ring is 1. The van der Waals surface area contributed by atoms with E-state index in [0.29, 0.717) is 11.3 Å². The summed E-state index contributed by atoms with van der Waals surface area (Å²) in [4.78, 5) is 11.9. The molecule has 6 heteroatoms. The molecule has 20 heavy (non-hydrogen) atoms. The topological polar surface area (TPSA) is 52.3 Å². The summed E-state index contributed by atoms with van der Waals surface area (Å²) in [5.74, 6) is -1.22. The second-order valence-corrected chi connectivity index (χ2v) is 4.81. The van der Waals surface area contributed by atoms with Gasteiger partial charge in [-0.3, -0.25) is 0 Å². The summed E-state index contributed by atoms with van der Waals surface area (Å²) >= 11 is 11.7. The van der Waals surface area contributed by atoms with Gasteiger partial charge in [0, 0.05) is 11.3 Å². The van der Waals surface area contributed by atoms with Crippen LogP contribution in [0, 0.1) is 5.82 Å². The molecule has 3 nitrogen and oxygen atoms in total. The van der Waals surface area contributed by atoms with Crippen molar-refractivity contribution in [3.05, 3.63) is 63.4 Å². The van der Waals surface area contributed by atoms with Crippen molar-refractivity contribution in [1.29, 1.82) is 0 Å². The summed E-state index contributed by atoms with van der Waals surface area (Å²) in [6.45, 7) is -0.152. The van der Waals surface area contributed by atoms with Crippen LogP contribution in [0.1, 0.15) is 15.9 Å². The molecule has 2 N–H and O–H groups in total. The number of hydrogen-bond donors (Lipinski definition) is 1. The maximum absolute atomic E-state index is 13.2. The van der Waals surface area contributed by atoms with Gasteiger partial charge in [-0.05, 0) is 24.3 Å². The summed E-state index contributed by atoms with van der Waals surface area (Å²) < 4.78 is 18.3. The van der Waals surface area contributed by atoms with Crippen LogP contribution in [0.25, 0.3) is 0 Å². The summed E-state index contributed by atoms with van der Waals surface area (Å²) in [7, 11) is 0. The third kappa shape index (κ3) is 3.21. The van der Waals surface area contributed by atoms with Crippen molar-refractivity contribution in [2.24, 2.45) is 0 Å². The predicted molar refractivity (Wildman–Crippen MR) is 76.4 cm³/mol. The molecule has 2 rings (SSSR count). The molecule has 0 unspecified atom stereocenters. The highest BCUT2D eigenvalue weighted by molar-refractivity contribution is 6.33. The van der Waals surface area contributed by atoms with Gasteiger partial charge in [0.05, 0.1) is 15.6 Å². The van der Waals surface area contributed by atoms with E-state index in [1.165, 1.54) is 24.3 Å². The monoisotopic (exact) mass is 313 g/mol. The Hall–Kier alpha value is -1.78. The Bertz CT molecular complexity index is 662. The number of benzene rings is 2. The fourth-order valence-corrected chi connectivity index (χ4v) is 1.96. The molecule has 0 heterocycles. The first kappa shape index (κ1) is 14.6. The Labute approximate surface area is 125 Å². The Balaban J connectivity index is 2.13. The molecular formula is C14H10Cl2FNO2. The van der Waals surface area contributed by atoms with E-state index in [1.807, 2.05) is 0 Å². The number of halogens is 3. The first-order valence-corrected chi connectivity index (χ1v) is 6.39. The van der Waals surface area contributed by atoms with Crippen molar-refractivity contribution in [3.63, 3.8) is 0 Å². The van der Waals surface area contributed by atoms with Crippen LogP contribution in [0.15, 0.2) is 36.4 Å². The molecule has 0 aliphatic carbocycles. The molecule has 2 aromatic rings. The van der Waals surface area contributed by atoms with Gasteiger partial charge in [0.25, 0.3) is 0 Å². The molecule has 0 atom stereocenters. The van der Waals surface area contributed by atoms with Crippen molar-refractivity contribution >= 4 is 34.9 Å². The van der Waals surface area contributed by atoms with Crippen LogP contribution in [0.5, 0.6) is 0 Å². The van der Waals surface area contributed by atoms with E-state index in [1.54, 1.807) is 12.1 Å². The third-order valence-electron chi connectivity index (χ3n) is 2.60. The van der Waals surface area contributed by atoms with Crippen molar-refractivity contribution in [3.8, 4) is 0 Å². The molecule has 0 radical (unpaired) electrons. The SMILES string of the molecule is Nc1ccc(Cl)c(C(=O)OCc2cccc(F)c2Cl)c1. The molecule has 0 amide bonds. The largest absolute Gasteiger partial charge is 0.457 e. The number of nitrogens with two attached hydrogens (primary N) is 1. The van der Waals surface area contributed by atoms with Crippen molar-refractivity contribution in [2.75, 3.05) is 5.73 Å². The van der Waals surface area contributed by atoms with Crippen LogP contribution in [-0.4, -0.2) is 5.97 Å². The zero-order valence-corrected chi connectivity index (χ0v) is 11.7. The zero-order chi connectivity index (χ0) is 14.7. The molecule has 0 fully saturated rings. The van der Waals surface area contributed by atoms with Crippen LogP contribution in [0.3, 0.4) is 0 Å². The average molecular weight is 314 g/mol. The standard InChI is InChI=1S/C14H10Cl2FNO2/c15-11-5-4-9(18)6-10(11)14(19)20-7-8-2-1-3-12(17)13(8)16/h1-6H,7,18H2. The number of hydrogen-bond acceptors (Lipinski definition) is 3.